The number of ether oxygens (including phenoxy) is 1. The summed E-state index contributed by atoms with van der Waals surface area (Å²) in [4.78, 5) is 11.4. The van der Waals surface area contributed by atoms with Crippen LogP contribution < -0.4 is 0 Å². The Morgan fingerprint density at radius 2 is 2.06 bits per heavy atom. The molecular weight excluding hydrogens is 268 g/mol. The molecule has 0 spiro atoms. The molecular formula is C13H17BrO2. The molecule has 0 fully saturated rings. The smallest absolute Gasteiger partial charge is 0.305 e. The van der Waals surface area contributed by atoms with Crippen molar-refractivity contribution >= 4 is 21.9 Å². The number of hydrogen-bond acceptors (Lipinski definition) is 2. The molecule has 0 saturated carbocycles. The molecule has 1 rings (SSSR count). The van der Waals surface area contributed by atoms with Gasteiger partial charge in [0.25, 0.3) is 0 Å². The lowest BCUT2D eigenvalue weighted by Gasteiger charge is -2.09. The number of esters is 1. The van der Waals surface area contributed by atoms with Crippen LogP contribution in [0.25, 0.3) is 0 Å². The van der Waals surface area contributed by atoms with Crippen molar-refractivity contribution in [2.24, 2.45) is 0 Å². The van der Waals surface area contributed by atoms with Crippen molar-refractivity contribution in [1.82, 2.24) is 0 Å². The van der Waals surface area contributed by atoms with Crippen molar-refractivity contribution in [1.29, 1.82) is 0 Å². The SMILES string of the molecule is CCOC(=O)CCCC(Br)c1ccccc1. The lowest BCUT2D eigenvalue weighted by molar-refractivity contribution is -0.143. The van der Waals surface area contributed by atoms with Crippen LogP contribution in [0.3, 0.4) is 0 Å². The van der Waals surface area contributed by atoms with Crippen molar-refractivity contribution in [3.63, 3.8) is 0 Å². The fourth-order valence-electron chi connectivity index (χ4n) is 1.49. The average molecular weight is 285 g/mol. The first-order valence-electron chi connectivity index (χ1n) is 5.58. The quantitative estimate of drug-likeness (QED) is 0.586. The van der Waals surface area contributed by atoms with E-state index in [0.29, 0.717) is 17.9 Å². The molecule has 0 aromatic heterocycles. The van der Waals surface area contributed by atoms with Crippen molar-refractivity contribution in [3.8, 4) is 0 Å². The summed E-state index contributed by atoms with van der Waals surface area (Å²) < 4.78 is 4.88. The predicted octanol–water partition coefficient (Wildman–Crippen LogP) is 3.86. The second kappa shape index (κ2) is 7.44. The summed E-state index contributed by atoms with van der Waals surface area (Å²) in [6.07, 6.45) is 2.30. The molecule has 0 aliphatic carbocycles. The van der Waals surface area contributed by atoms with E-state index in [1.807, 2.05) is 25.1 Å². The highest BCUT2D eigenvalue weighted by atomic mass is 79.9. The van der Waals surface area contributed by atoms with Gasteiger partial charge in [-0.2, -0.15) is 0 Å². The molecule has 0 bridgehead atoms. The number of halogens is 1. The Morgan fingerprint density at radius 1 is 1.38 bits per heavy atom. The van der Waals surface area contributed by atoms with Crippen LogP contribution >= 0.6 is 15.9 Å². The van der Waals surface area contributed by atoms with Crippen LogP contribution in [0.2, 0.25) is 0 Å². The number of carbonyl (C=O) groups is 1. The number of rotatable bonds is 6. The van der Waals surface area contributed by atoms with Gasteiger partial charge >= 0.3 is 5.97 Å². The molecule has 1 aromatic carbocycles. The van der Waals surface area contributed by atoms with Gasteiger partial charge in [0.05, 0.1) is 6.61 Å². The van der Waals surface area contributed by atoms with E-state index in [0.717, 1.165) is 12.8 Å². The zero-order chi connectivity index (χ0) is 11.8. The summed E-state index contributed by atoms with van der Waals surface area (Å²) in [6, 6.07) is 10.2. The maximum Gasteiger partial charge on any atom is 0.305 e. The zero-order valence-corrected chi connectivity index (χ0v) is 11.1. The fraction of sp³-hybridized carbons (Fsp3) is 0.462. The van der Waals surface area contributed by atoms with Crippen LogP contribution in [0, 0.1) is 0 Å². The normalized spacial score (nSPS) is 12.1. The third kappa shape index (κ3) is 4.79. The van der Waals surface area contributed by atoms with Gasteiger partial charge in [-0.15, -0.1) is 0 Å². The van der Waals surface area contributed by atoms with Crippen molar-refractivity contribution < 1.29 is 9.53 Å². The molecule has 1 aromatic rings. The van der Waals surface area contributed by atoms with E-state index in [4.69, 9.17) is 4.74 Å². The van der Waals surface area contributed by atoms with Crippen LogP contribution in [0.5, 0.6) is 0 Å². The summed E-state index contributed by atoms with van der Waals surface area (Å²) in [5, 5.41) is 0. The monoisotopic (exact) mass is 284 g/mol. The summed E-state index contributed by atoms with van der Waals surface area (Å²) >= 11 is 3.62. The van der Waals surface area contributed by atoms with Gasteiger partial charge in [0.1, 0.15) is 0 Å². The fourth-order valence-corrected chi connectivity index (χ4v) is 2.12. The van der Waals surface area contributed by atoms with E-state index in [2.05, 4.69) is 28.1 Å². The first-order chi connectivity index (χ1) is 7.74. The van der Waals surface area contributed by atoms with Crippen LogP contribution in [-0.2, 0) is 9.53 Å². The standard InChI is InChI=1S/C13H17BrO2/c1-2-16-13(15)10-6-9-12(14)11-7-4-3-5-8-11/h3-5,7-8,12H,2,6,9-10H2,1H3. The van der Waals surface area contributed by atoms with Crippen LogP contribution in [0.15, 0.2) is 30.3 Å². The lowest BCUT2D eigenvalue weighted by atomic mass is 10.1. The summed E-state index contributed by atoms with van der Waals surface area (Å²) in [5.41, 5.74) is 1.26. The zero-order valence-electron chi connectivity index (χ0n) is 9.49. The van der Waals surface area contributed by atoms with Gasteiger partial charge in [0.15, 0.2) is 0 Å². The highest BCUT2D eigenvalue weighted by Gasteiger charge is 2.08. The van der Waals surface area contributed by atoms with E-state index in [1.165, 1.54) is 5.56 Å². The largest absolute Gasteiger partial charge is 0.466 e. The van der Waals surface area contributed by atoms with Crippen LogP contribution in [0.1, 0.15) is 36.6 Å². The van der Waals surface area contributed by atoms with Crippen molar-refractivity contribution in [2.45, 2.75) is 31.0 Å². The predicted molar refractivity (Wildman–Crippen MR) is 68.6 cm³/mol. The van der Waals surface area contributed by atoms with Crippen molar-refractivity contribution in [2.75, 3.05) is 6.61 Å². The molecule has 0 amide bonds. The van der Waals surface area contributed by atoms with Gasteiger partial charge in [0.2, 0.25) is 0 Å². The Morgan fingerprint density at radius 3 is 2.69 bits per heavy atom. The molecule has 0 N–H and O–H groups in total. The number of benzene rings is 1. The molecule has 0 heterocycles. The second-order valence-electron chi connectivity index (χ2n) is 3.58. The minimum absolute atomic E-state index is 0.102. The van der Waals surface area contributed by atoms with E-state index in [-0.39, 0.29) is 5.97 Å². The molecule has 0 radical (unpaired) electrons. The third-order valence-electron chi connectivity index (χ3n) is 2.31. The first-order valence-corrected chi connectivity index (χ1v) is 6.50. The number of carbonyl (C=O) groups excluding carboxylic acids is 1. The molecule has 0 aliphatic heterocycles. The highest BCUT2D eigenvalue weighted by molar-refractivity contribution is 9.09. The summed E-state index contributed by atoms with van der Waals surface area (Å²) in [6.45, 7) is 2.30. The minimum atomic E-state index is -0.102. The Bertz CT molecular complexity index is 311. The lowest BCUT2D eigenvalue weighted by Crippen LogP contribution is -2.03. The molecule has 1 unspecified atom stereocenters. The minimum Gasteiger partial charge on any atom is -0.466 e. The first kappa shape index (κ1) is 13.2. The van der Waals surface area contributed by atoms with Crippen LogP contribution in [0.4, 0.5) is 0 Å². The van der Waals surface area contributed by atoms with Gasteiger partial charge < -0.3 is 4.74 Å². The van der Waals surface area contributed by atoms with Gasteiger partial charge in [-0.25, -0.2) is 0 Å². The van der Waals surface area contributed by atoms with Gasteiger partial charge in [-0.1, -0.05) is 46.3 Å². The average Bonchev–Trinajstić information content (AvgIpc) is 2.30. The van der Waals surface area contributed by atoms with Crippen molar-refractivity contribution in [3.05, 3.63) is 35.9 Å². The van der Waals surface area contributed by atoms with Gasteiger partial charge in [0, 0.05) is 11.2 Å². The van der Waals surface area contributed by atoms with E-state index in [9.17, 15) is 4.79 Å². The second-order valence-corrected chi connectivity index (χ2v) is 4.68. The van der Waals surface area contributed by atoms with Crippen LogP contribution in [-0.4, -0.2) is 12.6 Å². The molecule has 0 saturated heterocycles. The topological polar surface area (TPSA) is 26.3 Å². The number of hydrogen-bond donors (Lipinski definition) is 0. The maximum atomic E-state index is 11.1. The van der Waals surface area contributed by atoms with Gasteiger partial charge in [-0.05, 0) is 25.3 Å². The van der Waals surface area contributed by atoms with Gasteiger partial charge in [-0.3, -0.25) is 4.79 Å². The van der Waals surface area contributed by atoms with E-state index in [1.54, 1.807) is 0 Å². The molecule has 88 valence electrons. The highest BCUT2D eigenvalue weighted by Crippen LogP contribution is 2.27. The summed E-state index contributed by atoms with van der Waals surface area (Å²) in [7, 11) is 0. The molecule has 3 heteroatoms. The molecule has 1 atom stereocenters. The Balaban J connectivity index is 2.26. The number of alkyl halides is 1. The summed E-state index contributed by atoms with van der Waals surface area (Å²) in [5.74, 6) is -0.102. The Labute approximate surface area is 105 Å². The third-order valence-corrected chi connectivity index (χ3v) is 3.29. The van der Waals surface area contributed by atoms with E-state index < -0.39 is 0 Å². The molecule has 0 aliphatic rings. The molecule has 2 nitrogen and oxygen atoms in total. The Kier molecular flexibility index (Phi) is 6.16. The maximum absolute atomic E-state index is 11.1. The Hall–Kier alpha value is -0.830. The molecule has 16 heavy (non-hydrogen) atoms. The van der Waals surface area contributed by atoms with E-state index >= 15 is 0 Å².